The molecule has 0 spiro atoms. The number of nitrogens with zero attached hydrogens (tertiary/aromatic N) is 6. The molecule has 0 bridgehead atoms. The molecule has 0 radical (unpaired) electrons. The lowest BCUT2D eigenvalue weighted by atomic mass is 9.97. The van der Waals surface area contributed by atoms with Crippen LogP contribution in [-0.4, -0.2) is 87.9 Å². The summed E-state index contributed by atoms with van der Waals surface area (Å²) in [6.45, 7) is 13.7. The van der Waals surface area contributed by atoms with Crippen LogP contribution >= 0.6 is 23.2 Å². The van der Waals surface area contributed by atoms with Crippen LogP contribution in [0.3, 0.4) is 0 Å². The molecule has 4 atom stereocenters. The van der Waals surface area contributed by atoms with Gasteiger partial charge in [-0.25, -0.2) is 9.67 Å². The molecule has 1 fully saturated rings. The van der Waals surface area contributed by atoms with Crippen LogP contribution in [0.2, 0.25) is 28.2 Å². The van der Waals surface area contributed by atoms with Gasteiger partial charge >= 0.3 is 6.18 Å². The van der Waals surface area contributed by atoms with E-state index in [0.29, 0.717) is 41.8 Å². The summed E-state index contributed by atoms with van der Waals surface area (Å²) in [5, 5.41) is 7.73. The molecule has 1 N–H and O–H groups in total. The molecule has 5 rings (SSSR count). The largest absolute Gasteiger partial charge is 0.434 e. The number of hydrogen-bond acceptors (Lipinski definition) is 8. The minimum atomic E-state index is -4.73. The molecule has 1 saturated heterocycles. The summed E-state index contributed by atoms with van der Waals surface area (Å²) in [5.41, 5.74) is 0.405. The Morgan fingerprint density at radius 1 is 1.11 bits per heavy atom. The highest BCUT2D eigenvalue weighted by Gasteiger charge is 2.44. The minimum absolute atomic E-state index is 0.00498. The molecule has 55 heavy (non-hydrogen) atoms. The summed E-state index contributed by atoms with van der Waals surface area (Å²) in [7, 11) is -1.17. The second-order valence-electron chi connectivity index (χ2n) is 15.6. The number of fused-ring (bicyclic) bond motifs is 1. The Morgan fingerprint density at radius 3 is 2.38 bits per heavy atom. The maximum atomic E-state index is 15.1. The van der Waals surface area contributed by atoms with E-state index in [1.165, 1.54) is 18.0 Å². The predicted molar refractivity (Wildman–Crippen MR) is 203 cm³/mol. The summed E-state index contributed by atoms with van der Waals surface area (Å²) in [6, 6.07) is 3.31. The number of hydrogen-bond donors (Lipinski definition) is 1. The molecule has 2 aliphatic heterocycles. The first-order valence-corrected chi connectivity index (χ1v) is 21.9. The van der Waals surface area contributed by atoms with Gasteiger partial charge in [-0.1, -0.05) is 44.0 Å². The zero-order valence-corrected chi connectivity index (χ0v) is 34.8. The molecule has 2 aliphatic rings. The number of halogens is 5. The van der Waals surface area contributed by atoms with Gasteiger partial charge in [-0.2, -0.15) is 18.3 Å². The van der Waals surface area contributed by atoms with Gasteiger partial charge in [-0.05, 0) is 69.4 Å². The lowest BCUT2D eigenvalue weighted by Gasteiger charge is -2.40. The van der Waals surface area contributed by atoms with E-state index in [1.807, 2.05) is 40.8 Å². The predicted octanol–water partition coefficient (Wildman–Crippen LogP) is 7.62. The molecule has 3 amide bonds. The first-order chi connectivity index (χ1) is 25.6. The van der Waals surface area contributed by atoms with Crippen molar-refractivity contribution in [3.63, 3.8) is 0 Å². The van der Waals surface area contributed by atoms with Gasteiger partial charge in [0.25, 0.3) is 11.8 Å². The van der Waals surface area contributed by atoms with Crippen LogP contribution in [0, 0.1) is 0 Å². The lowest BCUT2D eigenvalue weighted by Crippen LogP contribution is -2.53. The van der Waals surface area contributed by atoms with E-state index in [0.717, 1.165) is 24.7 Å². The van der Waals surface area contributed by atoms with Crippen molar-refractivity contribution >= 4 is 49.2 Å². The fourth-order valence-corrected chi connectivity index (χ4v) is 8.00. The Kier molecular flexibility index (Phi) is 12.8. The van der Waals surface area contributed by atoms with E-state index in [-0.39, 0.29) is 46.5 Å². The Morgan fingerprint density at radius 2 is 1.82 bits per heavy atom. The number of carbonyl (C=O) groups excluding carboxylic acids is 3. The van der Waals surface area contributed by atoms with Crippen LogP contribution in [0.15, 0.2) is 30.6 Å². The van der Waals surface area contributed by atoms with Crippen molar-refractivity contribution in [3.8, 4) is 0 Å². The highest BCUT2D eigenvalue weighted by Crippen LogP contribution is 2.39. The maximum absolute atomic E-state index is 15.1. The number of likely N-dealkylation sites (N-methyl/N-ethyl adjacent to an activating group) is 1. The number of carbonyl (C=O) groups is 3. The quantitative estimate of drug-likeness (QED) is 0.207. The zero-order chi connectivity index (χ0) is 40.6. The third-order valence-electron chi connectivity index (χ3n) is 10.8. The monoisotopic (exact) mass is 825 g/mol. The van der Waals surface area contributed by atoms with E-state index in [1.54, 1.807) is 28.6 Å². The topological polar surface area (TPSA) is 132 Å². The van der Waals surface area contributed by atoms with Gasteiger partial charge in [0, 0.05) is 42.9 Å². The van der Waals surface area contributed by atoms with E-state index < -0.39 is 50.4 Å². The first-order valence-electron chi connectivity index (χ1n) is 18.2. The minimum Gasteiger partial charge on any atom is -0.404 e. The number of nitrogens with one attached hydrogen (secondary N) is 1. The van der Waals surface area contributed by atoms with Crippen molar-refractivity contribution < 1.29 is 36.7 Å². The number of benzene rings is 1. The van der Waals surface area contributed by atoms with Crippen LogP contribution in [0.25, 0.3) is 0 Å². The number of aromatic nitrogens is 4. The number of rotatable bonds is 10. The third kappa shape index (κ3) is 9.19. The van der Waals surface area contributed by atoms with Gasteiger partial charge < -0.3 is 24.3 Å². The average Bonchev–Trinajstić information content (AvgIpc) is 3.50. The zero-order valence-electron chi connectivity index (χ0n) is 32.3. The van der Waals surface area contributed by atoms with Crippen LogP contribution in [0.1, 0.15) is 110 Å². The molecular formula is C37H48Cl2F3N7O5Si. The number of ether oxygens (including phenoxy) is 1. The fourth-order valence-electron chi connectivity index (χ4n) is 6.45. The number of alkyl halides is 3. The Bertz CT molecular complexity index is 1900. The standard InChI is InChI=1S/C37H48Cl2F3N7O5Si/c1-21-15-28-24(19-47(21)34(51)23-12-13-25(38)26(39)16-23)32(46-49(28)31-11-9-10-14-53-31)35(52)48(22(2)27-17-45-30(18-44-27)37(40,41)42)20-29(33(50)43-6)54-55(7,8)36(3,4)5/h12-13,16-18,21-22,29,31H,9-11,14-15,19-20H2,1-8H3,(H,43,50)/t21-,22+,29-,31?/m1/s1. The molecular weight excluding hydrogens is 778 g/mol. The molecule has 2 aromatic heterocycles. The van der Waals surface area contributed by atoms with Gasteiger partial charge in [0.2, 0.25) is 5.91 Å². The van der Waals surface area contributed by atoms with Gasteiger partial charge in [-0.15, -0.1) is 0 Å². The fraction of sp³-hybridized carbons (Fsp3) is 0.568. The van der Waals surface area contributed by atoms with E-state index >= 15 is 4.79 Å². The van der Waals surface area contributed by atoms with Crippen molar-refractivity contribution in [1.29, 1.82) is 0 Å². The normalized spacial score (nSPS) is 19.0. The van der Waals surface area contributed by atoms with Crippen molar-refractivity contribution in [3.05, 3.63) is 74.5 Å². The van der Waals surface area contributed by atoms with Gasteiger partial charge in [0.1, 0.15) is 12.3 Å². The van der Waals surface area contributed by atoms with E-state index in [9.17, 15) is 22.8 Å². The van der Waals surface area contributed by atoms with Gasteiger partial charge in [0.05, 0.1) is 47.3 Å². The highest BCUT2D eigenvalue weighted by molar-refractivity contribution is 6.74. The van der Waals surface area contributed by atoms with Crippen LogP contribution in [0.5, 0.6) is 0 Å². The van der Waals surface area contributed by atoms with Gasteiger partial charge in [0.15, 0.2) is 19.7 Å². The van der Waals surface area contributed by atoms with Crippen molar-refractivity contribution in [1.82, 2.24) is 34.9 Å². The Hall–Kier alpha value is -3.57. The van der Waals surface area contributed by atoms with E-state index in [2.05, 4.69) is 15.3 Å². The summed E-state index contributed by atoms with van der Waals surface area (Å²) < 4.78 is 54.9. The average molecular weight is 827 g/mol. The smallest absolute Gasteiger partial charge is 0.404 e. The first kappa shape index (κ1) is 42.6. The van der Waals surface area contributed by atoms with Gasteiger partial charge in [-0.3, -0.25) is 19.4 Å². The van der Waals surface area contributed by atoms with Crippen LogP contribution in [-0.2, 0) is 33.1 Å². The molecule has 18 heteroatoms. The summed E-state index contributed by atoms with van der Waals surface area (Å²) in [6.07, 6.45) is -2.00. The Balaban J connectivity index is 1.62. The molecule has 4 heterocycles. The second-order valence-corrected chi connectivity index (χ2v) is 21.2. The molecule has 1 aromatic carbocycles. The van der Waals surface area contributed by atoms with Crippen molar-refractivity contribution in [2.45, 2.75) is 116 Å². The van der Waals surface area contributed by atoms with Crippen molar-refractivity contribution in [2.24, 2.45) is 0 Å². The van der Waals surface area contributed by atoms with Crippen molar-refractivity contribution in [2.75, 3.05) is 20.2 Å². The molecule has 3 aromatic rings. The summed E-state index contributed by atoms with van der Waals surface area (Å²) >= 11 is 12.4. The summed E-state index contributed by atoms with van der Waals surface area (Å²) in [4.78, 5) is 53.3. The molecule has 0 aliphatic carbocycles. The number of amides is 3. The molecule has 1 unspecified atom stereocenters. The third-order valence-corrected chi connectivity index (χ3v) is 16.0. The Labute approximate surface area is 330 Å². The van der Waals surface area contributed by atoms with Crippen LogP contribution < -0.4 is 5.32 Å². The second kappa shape index (κ2) is 16.5. The molecule has 12 nitrogen and oxygen atoms in total. The van der Waals surface area contributed by atoms with Crippen LogP contribution in [0.4, 0.5) is 13.2 Å². The summed E-state index contributed by atoms with van der Waals surface area (Å²) in [5.74, 6) is -1.45. The molecule has 0 saturated carbocycles. The maximum Gasteiger partial charge on any atom is 0.434 e. The molecule has 300 valence electrons. The SMILES string of the molecule is CNC(=O)[C@@H](CN(C(=O)c1nn(C2CCCCO2)c2c1CN(C(=O)c1ccc(Cl)c(Cl)c1)[C@H](C)C2)[C@@H](C)c1cnc(C(F)(F)F)cn1)O[Si](C)(C)C(C)(C)C. The van der Waals surface area contributed by atoms with E-state index in [4.69, 9.17) is 37.5 Å². The highest BCUT2D eigenvalue weighted by atomic mass is 35.5. The lowest BCUT2D eigenvalue weighted by molar-refractivity contribution is -0.141.